The molecule has 1 aromatic rings. The predicted octanol–water partition coefficient (Wildman–Crippen LogP) is 3.52. The van der Waals surface area contributed by atoms with E-state index in [1.807, 2.05) is 6.07 Å². The van der Waals surface area contributed by atoms with Crippen LogP contribution in [0.25, 0.3) is 4.85 Å². The van der Waals surface area contributed by atoms with Gasteiger partial charge in [-0.05, 0) is 18.2 Å². The summed E-state index contributed by atoms with van der Waals surface area (Å²) in [6, 6.07) is 5.44. The molecule has 0 bridgehead atoms. The molecule has 0 N–H and O–H groups in total. The molecular weight excluding hydrogens is 225 g/mol. The van der Waals surface area contributed by atoms with Gasteiger partial charge < -0.3 is 4.85 Å². The lowest BCUT2D eigenvalue weighted by Crippen LogP contribution is -1.80. The van der Waals surface area contributed by atoms with E-state index >= 15 is 0 Å². The van der Waals surface area contributed by atoms with Gasteiger partial charge in [-0.1, -0.05) is 27.5 Å². The van der Waals surface area contributed by atoms with E-state index in [2.05, 4.69) is 20.8 Å². The maximum absolute atomic E-state index is 6.67. The van der Waals surface area contributed by atoms with Crippen molar-refractivity contribution in [3.05, 3.63) is 44.7 Å². The summed E-state index contributed by atoms with van der Waals surface area (Å²) in [6.07, 6.45) is 0. The van der Waals surface area contributed by atoms with E-state index in [1.165, 1.54) is 0 Å². The number of hydrogen-bond donors (Lipinski definition) is 0. The van der Waals surface area contributed by atoms with Crippen molar-refractivity contribution >= 4 is 27.5 Å². The van der Waals surface area contributed by atoms with Crippen LogP contribution in [0.4, 0.5) is 0 Å². The minimum Gasteiger partial charge on any atom is -0.312 e. The Bertz CT molecular complexity index is 303. The average Bonchev–Trinajstić information content (AvgIpc) is 1.98. The molecule has 0 radical (unpaired) electrons. The van der Waals surface area contributed by atoms with Gasteiger partial charge in [0.1, 0.15) is 0 Å². The van der Waals surface area contributed by atoms with Crippen LogP contribution in [0, 0.1) is 6.57 Å². The maximum atomic E-state index is 6.67. The van der Waals surface area contributed by atoms with E-state index in [-0.39, 0.29) is 0 Å². The zero-order valence-electron chi connectivity index (χ0n) is 5.64. The molecule has 0 fully saturated rings. The summed E-state index contributed by atoms with van der Waals surface area (Å²) in [5.41, 5.74) is 0.938. The highest BCUT2D eigenvalue weighted by Crippen LogP contribution is 2.21. The summed E-state index contributed by atoms with van der Waals surface area (Å²) < 4.78 is 0.943. The van der Waals surface area contributed by atoms with Crippen molar-refractivity contribution in [1.29, 1.82) is 0 Å². The number of halogens is 2. The molecule has 0 aliphatic heterocycles. The molecular formula is C8H5BrClN. The van der Waals surface area contributed by atoms with E-state index in [4.69, 9.17) is 18.2 Å². The topological polar surface area (TPSA) is 4.36 Å². The van der Waals surface area contributed by atoms with Crippen molar-refractivity contribution in [2.45, 2.75) is 6.54 Å². The van der Waals surface area contributed by atoms with Crippen LogP contribution in [-0.2, 0) is 6.54 Å². The van der Waals surface area contributed by atoms with Crippen LogP contribution < -0.4 is 0 Å². The SMILES string of the molecule is [C-]#[N+]Cc1cc(Cl)ccc1Br. The van der Waals surface area contributed by atoms with E-state index in [9.17, 15) is 0 Å². The Morgan fingerprint density at radius 1 is 1.55 bits per heavy atom. The molecule has 3 heteroatoms. The van der Waals surface area contributed by atoms with Crippen LogP contribution in [-0.4, -0.2) is 0 Å². The fraction of sp³-hybridized carbons (Fsp3) is 0.125. The van der Waals surface area contributed by atoms with Gasteiger partial charge >= 0.3 is 0 Å². The normalized spacial score (nSPS) is 9.18. The van der Waals surface area contributed by atoms with Crippen molar-refractivity contribution in [3.63, 3.8) is 0 Å². The Hall–Kier alpha value is -0.520. The molecule has 1 nitrogen and oxygen atoms in total. The van der Waals surface area contributed by atoms with Gasteiger partial charge in [-0.3, -0.25) is 0 Å². The van der Waals surface area contributed by atoms with Crippen molar-refractivity contribution in [2.24, 2.45) is 0 Å². The van der Waals surface area contributed by atoms with Crippen molar-refractivity contribution in [3.8, 4) is 0 Å². The second-order valence-corrected chi connectivity index (χ2v) is 3.34. The second kappa shape index (κ2) is 3.75. The fourth-order valence-corrected chi connectivity index (χ4v) is 1.32. The van der Waals surface area contributed by atoms with Gasteiger partial charge in [0.25, 0.3) is 0 Å². The molecule has 0 saturated carbocycles. The van der Waals surface area contributed by atoms with Crippen LogP contribution >= 0.6 is 27.5 Å². The Morgan fingerprint density at radius 3 is 2.91 bits per heavy atom. The molecule has 0 unspecified atom stereocenters. The van der Waals surface area contributed by atoms with Gasteiger partial charge in [-0.15, -0.1) is 0 Å². The minimum absolute atomic E-state index is 0.376. The lowest BCUT2D eigenvalue weighted by Gasteiger charge is -1.96. The first-order chi connectivity index (χ1) is 5.24. The highest BCUT2D eigenvalue weighted by atomic mass is 79.9. The molecule has 0 aliphatic carbocycles. The molecule has 0 saturated heterocycles. The smallest absolute Gasteiger partial charge is 0.240 e. The van der Waals surface area contributed by atoms with Gasteiger partial charge in [-0.2, -0.15) is 0 Å². The Labute approximate surface area is 78.9 Å². The first kappa shape index (κ1) is 8.58. The van der Waals surface area contributed by atoms with Crippen molar-refractivity contribution in [2.75, 3.05) is 0 Å². The highest BCUT2D eigenvalue weighted by molar-refractivity contribution is 9.10. The maximum Gasteiger partial charge on any atom is 0.240 e. The molecule has 11 heavy (non-hydrogen) atoms. The highest BCUT2D eigenvalue weighted by Gasteiger charge is 2.01. The third-order valence-corrected chi connectivity index (χ3v) is 2.27. The summed E-state index contributed by atoms with van der Waals surface area (Å²) in [5.74, 6) is 0. The van der Waals surface area contributed by atoms with Crippen molar-refractivity contribution < 1.29 is 0 Å². The summed E-state index contributed by atoms with van der Waals surface area (Å²) in [7, 11) is 0. The molecule has 0 aromatic heterocycles. The zero-order chi connectivity index (χ0) is 8.27. The third-order valence-electron chi connectivity index (χ3n) is 1.26. The largest absolute Gasteiger partial charge is 0.312 e. The van der Waals surface area contributed by atoms with Gasteiger partial charge in [0.15, 0.2) is 0 Å². The van der Waals surface area contributed by atoms with Gasteiger partial charge in [0.2, 0.25) is 6.54 Å². The Balaban J connectivity index is 3.05. The van der Waals surface area contributed by atoms with Gasteiger partial charge in [0, 0.05) is 15.1 Å². The number of nitrogens with zero attached hydrogens (tertiary/aromatic N) is 1. The summed E-state index contributed by atoms with van der Waals surface area (Å²) in [6.45, 7) is 7.04. The third kappa shape index (κ3) is 2.21. The molecule has 0 atom stereocenters. The lowest BCUT2D eigenvalue weighted by molar-refractivity contribution is 1.25. The molecule has 56 valence electrons. The fourth-order valence-electron chi connectivity index (χ4n) is 0.750. The van der Waals surface area contributed by atoms with Crippen LogP contribution in [0.15, 0.2) is 22.7 Å². The monoisotopic (exact) mass is 229 g/mol. The number of benzene rings is 1. The summed E-state index contributed by atoms with van der Waals surface area (Å²) in [4.78, 5) is 3.27. The minimum atomic E-state index is 0.376. The van der Waals surface area contributed by atoms with Crippen molar-refractivity contribution in [1.82, 2.24) is 0 Å². The first-order valence-electron chi connectivity index (χ1n) is 3.01. The summed E-state index contributed by atoms with van der Waals surface area (Å²) in [5, 5.41) is 0.673. The van der Waals surface area contributed by atoms with E-state index in [0.717, 1.165) is 10.0 Å². The zero-order valence-corrected chi connectivity index (χ0v) is 7.98. The van der Waals surface area contributed by atoms with Crippen LogP contribution in [0.2, 0.25) is 5.02 Å². The summed E-state index contributed by atoms with van der Waals surface area (Å²) >= 11 is 9.06. The quantitative estimate of drug-likeness (QED) is 0.650. The van der Waals surface area contributed by atoms with Gasteiger partial charge in [-0.25, -0.2) is 6.57 Å². The van der Waals surface area contributed by atoms with Crippen LogP contribution in [0.1, 0.15) is 5.56 Å². The first-order valence-corrected chi connectivity index (χ1v) is 4.18. The predicted molar refractivity (Wildman–Crippen MR) is 49.5 cm³/mol. The molecule has 0 spiro atoms. The number of rotatable bonds is 1. The molecule has 0 amide bonds. The standard InChI is InChI=1S/C8H5BrClN/c1-11-5-6-4-7(10)2-3-8(6)9/h2-4H,5H2. The molecule has 0 heterocycles. The van der Waals surface area contributed by atoms with Gasteiger partial charge in [0.05, 0.1) is 0 Å². The average molecular weight is 230 g/mol. The number of hydrogen-bond acceptors (Lipinski definition) is 0. The Morgan fingerprint density at radius 2 is 2.27 bits per heavy atom. The van der Waals surface area contributed by atoms with E-state index in [0.29, 0.717) is 11.6 Å². The van der Waals surface area contributed by atoms with Crippen LogP contribution in [0.5, 0.6) is 0 Å². The molecule has 1 aromatic carbocycles. The lowest BCUT2D eigenvalue weighted by atomic mass is 10.2. The van der Waals surface area contributed by atoms with Crippen LogP contribution in [0.3, 0.4) is 0 Å². The van der Waals surface area contributed by atoms with E-state index in [1.54, 1.807) is 12.1 Å². The molecule has 1 rings (SSSR count). The second-order valence-electron chi connectivity index (χ2n) is 2.05. The van der Waals surface area contributed by atoms with E-state index < -0.39 is 0 Å². The molecule has 0 aliphatic rings. The Kier molecular flexibility index (Phi) is 2.92.